The quantitative estimate of drug-likeness (QED) is 0.317. The third-order valence-electron chi connectivity index (χ3n) is 4.13. The highest BCUT2D eigenvalue weighted by Crippen LogP contribution is 2.32. The Kier molecular flexibility index (Phi) is 7.52. The molecule has 8 heteroatoms. The molecule has 1 aromatic heterocycles. The molecule has 152 valence electrons. The van der Waals surface area contributed by atoms with Crippen molar-refractivity contribution in [1.82, 2.24) is 0 Å². The molecular formula is C21H21ClN2O3S2. The summed E-state index contributed by atoms with van der Waals surface area (Å²) in [5, 5.41) is 3.14. The number of aryl methyl sites for hydroxylation is 1. The van der Waals surface area contributed by atoms with Crippen LogP contribution in [-0.4, -0.2) is 29.4 Å². The van der Waals surface area contributed by atoms with Crippen LogP contribution in [0.1, 0.15) is 30.2 Å². The van der Waals surface area contributed by atoms with E-state index in [9.17, 15) is 9.59 Å². The van der Waals surface area contributed by atoms with Gasteiger partial charge in [-0.25, -0.2) is 4.99 Å². The number of benzene rings is 1. The van der Waals surface area contributed by atoms with Gasteiger partial charge in [-0.05, 0) is 55.5 Å². The zero-order chi connectivity index (χ0) is 20.8. The van der Waals surface area contributed by atoms with E-state index in [0.717, 1.165) is 10.4 Å². The zero-order valence-corrected chi connectivity index (χ0v) is 18.6. The Balaban J connectivity index is 1.80. The molecule has 1 aromatic carbocycles. The smallest absolute Gasteiger partial charge is 0.305 e. The number of amides is 1. The summed E-state index contributed by atoms with van der Waals surface area (Å²) in [6.45, 7) is 4.09. The van der Waals surface area contributed by atoms with E-state index in [1.807, 2.05) is 36.6 Å². The SMILES string of the molecule is CCOC(=O)CCCSC1=NC(=Cc2cccs2)C(=O)N1c1ccc(C)c(Cl)c1. The van der Waals surface area contributed by atoms with Crippen molar-refractivity contribution in [2.75, 3.05) is 17.3 Å². The minimum Gasteiger partial charge on any atom is -0.466 e. The van der Waals surface area contributed by atoms with E-state index in [0.29, 0.717) is 46.8 Å². The van der Waals surface area contributed by atoms with Gasteiger partial charge in [0.25, 0.3) is 5.91 Å². The number of carbonyl (C=O) groups excluding carboxylic acids is 2. The molecule has 0 atom stereocenters. The van der Waals surface area contributed by atoms with Crippen LogP contribution in [0.15, 0.2) is 46.4 Å². The summed E-state index contributed by atoms with van der Waals surface area (Å²) in [6, 6.07) is 9.40. The van der Waals surface area contributed by atoms with Crippen molar-refractivity contribution in [3.8, 4) is 0 Å². The van der Waals surface area contributed by atoms with Crippen molar-refractivity contribution in [2.24, 2.45) is 4.99 Å². The normalized spacial score (nSPS) is 15.1. The maximum Gasteiger partial charge on any atom is 0.305 e. The summed E-state index contributed by atoms with van der Waals surface area (Å²) in [6.07, 6.45) is 2.78. The van der Waals surface area contributed by atoms with Crippen LogP contribution < -0.4 is 4.90 Å². The molecule has 0 radical (unpaired) electrons. The van der Waals surface area contributed by atoms with Crippen molar-refractivity contribution >= 4 is 63.5 Å². The number of anilines is 1. The molecule has 1 amide bonds. The number of thioether (sulfide) groups is 1. The number of rotatable bonds is 7. The summed E-state index contributed by atoms with van der Waals surface area (Å²) < 4.78 is 4.96. The van der Waals surface area contributed by atoms with Crippen molar-refractivity contribution in [3.63, 3.8) is 0 Å². The van der Waals surface area contributed by atoms with Gasteiger partial charge in [0.15, 0.2) is 5.17 Å². The molecule has 0 N–H and O–H groups in total. The van der Waals surface area contributed by atoms with E-state index in [2.05, 4.69) is 4.99 Å². The molecular weight excluding hydrogens is 428 g/mol. The van der Waals surface area contributed by atoms with Crippen LogP contribution in [0.4, 0.5) is 5.69 Å². The van der Waals surface area contributed by atoms with E-state index in [1.165, 1.54) is 11.8 Å². The van der Waals surface area contributed by atoms with Gasteiger partial charge < -0.3 is 4.74 Å². The molecule has 2 aromatic rings. The Labute approximate surface area is 183 Å². The molecule has 3 rings (SSSR count). The number of hydrogen-bond donors (Lipinski definition) is 0. The Morgan fingerprint density at radius 2 is 2.21 bits per heavy atom. The van der Waals surface area contributed by atoms with Gasteiger partial charge in [-0.1, -0.05) is 35.5 Å². The second kappa shape index (κ2) is 10.1. The molecule has 29 heavy (non-hydrogen) atoms. The topological polar surface area (TPSA) is 59.0 Å². The summed E-state index contributed by atoms with van der Waals surface area (Å²) in [7, 11) is 0. The van der Waals surface area contributed by atoms with Crippen molar-refractivity contribution in [3.05, 3.63) is 56.9 Å². The first-order valence-corrected chi connectivity index (χ1v) is 11.5. The minimum absolute atomic E-state index is 0.189. The van der Waals surface area contributed by atoms with Crippen LogP contribution in [0, 0.1) is 6.92 Å². The predicted octanol–water partition coefficient (Wildman–Crippen LogP) is 5.53. The Bertz CT molecular complexity index is 955. The molecule has 0 saturated heterocycles. The average molecular weight is 449 g/mol. The lowest BCUT2D eigenvalue weighted by atomic mass is 10.2. The average Bonchev–Trinajstić information content (AvgIpc) is 3.30. The molecule has 1 aliphatic rings. The van der Waals surface area contributed by atoms with Crippen LogP contribution in [0.2, 0.25) is 5.02 Å². The first-order chi connectivity index (χ1) is 14.0. The fourth-order valence-corrected chi connectivity index (χ4v) is 4.44. The lowest BCUT2D eigenvalue weighted by molar-refractivity contribution is -0.143. The van der Waals surface area contributed by atoms with Gasteiger partial charge in [0, 0.05) is 22.1 Å². The number of halogens is 1. The van der Waals surface area contributed by atoms with Crippen LogP contribution in [0.5, 0.6) is 0 Å². The molecule has 0 bridgehead atoms. The maximum absolute atomic E-state index is 13.1. The molecule has 5 nitrogen and oxygen atoms in total. The number of ether oxygens (including phenoxy) is 1. The van der Waals surface area contributed by atoms with Gasteiger partial charge in [-0.2, -0.15) is 0 Å². The van der Waals surface area contributed by atoms with E-state index in [-0.39, 0.29) is 11.9 Å². The van der Waals surface area contributed by atoms with Crippen molar-refractivity contribution in [2.45, 2.75) is 26.7 Å². The van der Waals surface area contributed by atoms with Crippen LogP contribution >= 0.6 is 34.7 Å². The number of carbonyl (C=O) groups is 2. The lowest BCUT2D eigenvalue weighted by Crippen LogP contribution is -2.30. The number of hydrogen-bond acceptors (Lipinski definition) is 6. The Morgan fingerprint density at radius 1 is 1.38 bits per heavy atom. The fourth-order valence-electron chi connectivity index (χ4n) is 2.66. The van der Waals surface area contributed by atoms with Gasteiger partial charge in [0.05, 0.1) is 12.3 Å². The molecule has 1 aliphatic heterocycles. The summed E-state index contributed by atoms with van der Waals surface area (Å²) in [5.74, 6) is 0.247. The number of amidine groups is 1. The van der Waals surface area contributed by atoms with Crippen molar-refractivity contribution in [1.29, 1.82) is 0 Å². The molecule has 0 aliphatic carbocycles. The Hall–Kier alpha value is -2.09. The molecule has 0 unspecified atom stereocenters. The number of nitrogens with zero attached hydrogens (tertiary/aromatic N) is 2. The summed E-state index contributed by atoms with van der Waals surface area (Å²) >= 11 is 9.27. The summed E-state index contributed by atoms with van der Waals surface area (Å²) in [5.41, 5.74) is 2.01. The highest BCUT2D eigenvalue weighted by Gasteiger charge is 2.32. The van der Waals surface area contributed by atoms with Gasteiger partial charge >= 0.3 is 5.97 Å². The van der Waals surface area contributed by atoms with Gasteiger partial charge in [-0.3, -0.25) is 14.5 Å². The van der Waals surface area contributed by atoms with Crippen molar-refractivity contribution < 1.29 is 14.3 Å². The van der Waals surface area contributed by atoms with E-state index in [4.69, 9.17) is 16.3 Å². The van der Waals surface area contributed by atoms with Gasteiger partial charge in [0.1, 0.15) is 5.70 Å². The maximum atomic E-state index is 13.1. The highest BCUT2D eigenvalue weighted by molar-refractivity contribution is 8.14. The summed E-state index contributed by atoms with van der Waals surface area (Å²) in [4.78, 5) is 31.7. The first-order valence-electron chi connectivity index (χ1n) is 9.22. The second-order valence-electron chi connectivity index (χ2n) is 6.27. The molecule has 0 spiro atoms. The number of aliphatic imine (C=N–C) groups is 1. The predicted molar refractivity (Wildman–Crippen MR) is 122 cm³/mol. The number of thiophene rings is 1. The lowest BCUT2D eigenvalue weighted by Gasteiger charge is -2.18. The van der Waals surface area contributed by atoms with Crippen LogP contribution in [0.3, 0.4) is 0 Å². The third kappa shape index (κ3) is 5.50. The van der Waals surface area contributed by atoms with Gasteiger partial charge in [-0.15, -0.1) is 11.3 Å². The second-order valence-corrected chi connectivity index (χ2v) is 8.72. The highest BCUT2D eigenvalue weighted by atomic mass is 35.5. The van der Waals surface area contributed by atoms with E-state index in [1.54, 1.807) is 35.3 Å². The first kappa shape index (κ1) is 21.6. The Morgan fingerprint density at radius 3 is 2.90 bits per heavy atom. The van der Waals surface area contributed by atoms with E-state index >= 15 is 0 Å². The largest absolute Gasteiger partial charge is 0.466 e. The minimum atomic E-state index is -0.210. The van der Waals surface area contributed by atoms with Crippen LogP contribution in [-0.2, 0) is 14.3 Å². The van der Waals surface area contributed by atoms with Crippen LogP contribution in [0.25, 0.3) is 6.08 Å². The molecule has 0 saturated carbocycles. The van der Waals surface area contributed by atoms with E-state index < -0.39 is 0 Å². The standard InChI is InChI=1S/C21H21ClN2O3S2/c1-3-27-19(25)7-5-11-29-21-23-18(13-16-6-4-10-28-16)20(26)24(21)15-9-8-14(2)17(22)12-15/h4,6,8-10,12-13H,3,5,7,11H2,1-2H3. The number of esters is 1. The monoisotopic (exact) mass is 448 g/mol. The fraction of sp³-hybridized carbons (Fsp3) is 0.286. The molecule has 0 fully saturated rings. The van der Waals surface area contributed by atoms with Gasteiger partial charge in [0.2, 0.25) is 0 Å². The molecule has 2 heterocycles. The zero-order valence-electron chi connectivity index (χ0n) is 16.2. The third-order valence-corrected chi connectivity index (χ3v) is 6.38.